The van der Waals surface area contributed by atoms with Crippen molar-refractivity contribution in [2.75, 3.05) is 20.3 Å². The maximum Gasteiger partial charge on any atom is 0.244 e. The van der Waals surface area contributed by atoms with Crippen molar-refractivity contribution in [3.63, 3.8) is 0 Å². The summed E-state index contributed by atoms with van der Waals surface area (Å²) in [6.07, 6.45) is 6.59. The molecule has 0 bridgehead atoms. The topological polar surface area (TPSA) is 60.5 Å². The number of nitrogens with zero attached hydrogens (tertiary/aromatic N) is 1. The number of methoxy groups -OCH3 is 1. The Balaban J connectivity index is 1.67. The van der Waals surface area contributed by atoms with Crippen molar-refractivity contribution < 1.29 is 14.3 Å². The van der Waals surface area contributed by atoms with Crippen LogP contribution in [0.2, 0.25) is 0 Å². The van der Waals surface area contributed by atoms with Crippen LogP contribution in [0.1, 0.15) is 5.56 Å². The molecule has 5 heteroatoms. The van der Waals surface area contributed by atoms with Gasteiger partial charge in [0.2, 0.25) is 5.91 Å². The van der Waals surface area contributed by atoms with Gasteiger partial charge in [-0.25, -0.2) is 0 Å². The highest BCUT2D eigenvalue weighted by Gasteiger charge is 1.97. The Morgan fingerprint density at radius 1 is 1.14 bits per heavy atom. The van der Waals surface area contributed by atoms with E-state index >= 15 is 0 Å². The molecular formula is C17H18N2O3. The fourth-order valence-corrected chi connectivity index (χ4v) is 1.72. The zero-order valence-corrected chi connectivity index (χ0v) is 12.4. The van der Waals surface area contributed by atoms with Gasteiger partial charge in [0.1, 0.15) is 18.1 Å². The van der Waals surface area contributed by atoms with E-state index in [1.54, 1.807) is 25.6 Å². The fraction of sp³-hybridized carbons (Fsp3) is 0.176. The molecule has 0 fully saturated rings. The summed E-state index contributed by atoms with van der Waals surface area (Å²) in [7, 11) is 1.62. The molecule has 114 valence electrons. The minimum Gasteiger partial charge on any atom is -0.497 e. The second-order valence-electron chi connectivity index (χ2n) is 4.43. The Hall–Kier alpha value is -2.82. The molecule has 0 aliphatic carbocycles. The number of pyridine rings is 1. The quantitative estimate of drug-likeness (QED) is 0.629. The molecule has 1 N–H and O–H groups in total. The van der Waals surface area contributed by atoms with E-state index in [1.807, 2.05) is 36.4 Å². The predicted octanol–water partition coefficient (Wildman–Crippen LogP) is 2.30. The first-order valence-electron chi connectivity index (χ1n) is 6.91. The Kier molecular flexibility index (Phi) is 5.99. The van der Waals surface area contributed by atoms with E-state index in [4.69, 9.17) is 9.47 Å². The molecule has 1 aromatic heterocycles. The van der Waals surface area contributed by atoms with E-state index in [0.29, 0.717) is 13.2 Å². The van der Waals surface area contributed by atoms with Crippen LogP contribution < -0.4 is 14.8 Å². The summed E-state index contributed by atoms with van der Waals surface area (Å²) in [4.78, 5) is 15.5. The highest BCUT2D eigenvalue weighted by atomic mass is 16.5. The molecule has 2 rings (SSSR count). The summed E-state index contributed by atoms with van der Waals surface area (Å²) < 4.78 is 10.6. The third-order valence-corrected chi connectivity index (χ3v) is 2.86. The number of aromatic nitrogens is 1. The van der Waals surface area contributed by atoms with Crippen molar-refractivity contribution in [3.8, 4) is 11.5 Å². The van der Waals surface area contributed by atoms with E-state index < -0.39 is 0 Å². The fourth-order valence-electron chi connectivity index (χ4n) is 1.72. The third-order valence-electron chi connectivity index (χ3n) is 2.86. The van der Waals surface area contributed by atoms with Crippen molar-refractivity contribution in [1.29, 1.82) is 0 Å². The van der Waals surface area contributed by atoms with Gasteiger partial charge in [0.25, 0.3) is 0 Å². The third kappa shape index (κ3) is 5.28. The lowest BCUT2D eigenvalue weighted by Gasteiger charge is -2.07. The average Bonchev–Trinajstić information content (AvgIpc) is 2.58. The first kappa shape index (κ1) is 15.6. The van der Waals surface area contributed by atoms with Crippen LogP contribution in [0.4, 0.5) is 0 Å². The number of carbonyl (C=O) groups is 1. The van der Waals surface area contributed by atoms with Gasteiger partial charge in [-0.1, -0.05) is 0 Å². The van der Waals surface area contributed by atoms with Gasteiger partial charge in [-0.3, -0.25) is 9.78 Å². The number of ether oxygens (including phenoxy) is 2. The number of benzene rings is 1. The standard InChI is InChI=1S/C17H18N2O3/c1-21-15-3-5-16(6-4-15)22-13-12-19-17(20)7-2-14-8-10-18-11-9-14/h2-11H,12-13H2,1H3,(H,19,20)/b7-2+. The molecule has 0 spiro atoms. The Morgan fingerprint density at radius 3 is 2.50 bits per heavy atom. The molecule has 2 aromatic rings. The van der Waals surface area contributed by atoms with Gasteiger partial charge in [0.05, 0.1) is 13.7 Å². The van der Waals surface area contributed by atoms with Crippen LogP contribution in [0, 0.1) is 0 Å². The summed E-state index contributed by atoms with van der Waals surface area (Å²) in [5.74, 6) is 1.36. The molecule has 0 atom stereocenters. The number of amides is 1. The van der Waals surface area contributed by atoms with Crippen molar-refractivity contribution >= 4 is 12.0 Å². The molecule has 5 nitrogen and oxygen atoms in total. The van der Waals surface area contributed by atoms with Crippen LogP contribution >= 0.6 is 0 Å². The number of carbonyl (C=O) groups excluding carboxylic acids is 1. The second kappa shape index (κ2) is 8.46. The zero-order chi connectivity index (χ0) is 15.6. The van der Waals surface area contributed by atoms with Crippen molar-refractivity contribution in [2.45, 2.75) is 0 Å². The Labute approximate surface area is 129 Å². The van der Waals surface area contributed by atoms with Crippen molar-refractivity contribution in [3.05, 3.63) is 60.4 Å². The smallest absolute Gasteiger partial charge is 0.244 e. The highest BCUT2D eigenvalue weighted by molar-refractivity contribution is 5.91. The first-order valence-corrected chi connectivity index (χ1v) is 6.91. The number of rotatable bonds is 7. The zero-order valence-electron chi connectivity index (χ0n) is 12.4. The summed E-state index contributed by atoms with van der Waals surface area (Å²) >= 11 is 0. The minimum absolute atomic E-state index is 0.157. The van der Waals surface area contributed by atoms with Crippen LogP contribution in [0.25, 0.3) is 6.08 Å². The summed E-state index contributed by atoms with van der Waals surface area (Å²) in [6, 6.07) is 11.0. The van der Waals surface area contributed by atoms with Crippen LogP contribution in [-0.4, -0.2) is 31.2 Å². The van der Waals surface area contributed by atoms with E-state index in [-0.39, 0.29) is 5.91 Å². The molecule has 0 aliphatic heterocycles. The summed E-state index contributed by atoms with van der Waals surface area (Å²) in [6.45, 7) is 0.840. The largest absolute Gasteiger partial charge is 0.497 e. The Bertz CT molecular complexity index is 610. The van der Waals surface area contributed by atoms with Crippen molar-refractivity contribution in [1.82, 2.24) is 10.3 Å². The monoisotopic (exact) mass is 298 g/mol. The molecule has 0 unspecified atom stereocenters. The van der Waals surface area contributed by atoms with E-state index in [0.717, 1.165) is 17.1 Å². The minimum atomic E-state index is -0.157. The van der Waals surface area contributed by atoms with Gasteiger partial charge in [-0.15, -0.1) is 0 Å². The number of hydrogen-bond acceptors (Lipinski definition) is 4. The van der Waals surface area contributed by atoms with E-state index in [2.05, 4.69) is 10.3 Å². The van der Waals surface area contributed by atoms with Gasteiger partial charge >= 0.3 is 0 Å². The molecule has 0 radical (unpaired) electrons. The Morgan fingerprint density at radius 2 is 1.82 bits per heavy atom. The molecule has 1 amide bonds. The van der Waals surface area contributed by atoms with E-state index in [1.165, 1.54) is 6.08 Å². The lowest BCUT2D eigenvalue weighted by atomic mass is 10.2. The molecule has 1 heterocycles. The second-order valence-corrected chi connectivity index (χ2v) is 4.43. The van der Waals surface area contributed by atoms with Crippen LogP contribution in [0.5, 0.6) is 11.5 Å². The van der Waals surface area contributed by atoms with Gasteiger partial charge < -0.3 is 14.8 Å². The molecule has 22 heavy (non-hydrogen) atoms. The lowest BCUT2D eigenvalue weighted by molar-refractivity contribution is -0.116. The van der Waals surface area contributed by atoms with Gasteiger partial charge in [0, 0.05) is 18.5 Å². The highest BCUT2D eigenvalue weighted by Crippen LogP contribution is 2.16. The first-order chi connectivity index (χ1) is 10.8. The normalized spacial score (nSPS) is 10.4. The SMILES string of the molecule is COc1ccc(OCCNC(=O)/C=C/c2ccncc2)cc1. The van der Waals surface area contributed by atoms with E-state index in [9.17, 15) is 4.79 Å². The maximum atomic E-state index is 11.6. The van der Waals surface area contributed by atoms with Crippen LogP contribution in [0.15, 0.2) is 54.9 Å². The molecule has 0 aliphatic rings. The summed E-state index contributed by atoms with van der Waals surface area (Å²) in [5, 5.41) is 2.75. The lowest BCUT2D eigenvalue weighted by Crippen LogP contribution is -2.26. The van der Waals surface area contributed by atoms with Gasteiger partial charge in [-0.2, -0.15) is 0 Å². The maximum absolute atomic E-state index is 11.6. The summed E-state index contributed by atoms with van der Waals surface area (Å²) in [5.41, 5.74) is 0.930. The van der Waals surface area contributed by atoms with Crippen LogP contribution in [0.3, 0.4) is 0 Å². The van der Waals surface area contributed by atoms with Crippen molar-refractivity contribution in [2.24, 2.45) is 0 Å². The predicted molar refractivity (Wildman–Crippen MR) is 84.8 cm³/mol. The average molecular weight is 298 g/mol. The molecule has 0 saturated carbocycles. The number of nitrogens with one attached hydrogen (secondary N) is 1. The number of hydrogen-bond donors (Lipinski definition) is 1. The van der Waals surface area contributed by atoms with Gasteiger partial charge in [0.15, 0.2) is 0 Å². The molecule has 1 aromatic carbocycles. The van der Waals surface area contributed by atoms with Gasteiger partial charge in [-0.05, 0) is 48.0 Å². The van der Waals surface area contributed by atoms with Crippen LogP contribution in [-0.2, 0) is 4.79 Å². The molecular weight excluding hydrogens is 280 g/mol. The molecule has 0 saturated heterocycles.